The van der Waals surface area contributed by atoms with E-state index in [0.717, 1.165) is 50.9 Å². The van der Waals surface area contributed by atoms with Gasteiger partial charge in [-0.3, -0.25) is 9.59 Å². The number of carbonyl (C=O) groups excluding carboxylic acids is 2. The summed E-state index contributed by atoms with van der Waals surface area (Å²) in [5.74, 6) is 0.209. The fraction of sp³-hybridized carbons (Fsp3) is 0.810. The molecule has 1 rings (SSSR count). The van der Waals surface area contributed by atoms with E-state index in [1.54, 1.807) is 0 Å². The average Bonchev–Trinajstić information content (AvgIpc) is 3.82. The summed E-state index contributed by atoms with van der Waals surface area (Å²) in [6.45, 7) is 6.56. The molecular weight excluding hydrogens is 600 g/mol. The smallest absolute Gasteiger partial charge is 0.305 e. The van der Waals surface area contributed by atoms with Gasteiger partial charge < -0.3 is 19.3 Å². The number of unbranched alkanes of at least 4 members (excludes halogenated alkanes) is 16. The van der Waals surface area contributed by atoms with E-state index in [-0.39, 0.29) is 25.2 Å². The minimum Gasteiger partial charge on any atom is -0.463 e. The van der Waals surface area contributed by atoms with Crippen LogP contribution in [0, 0.1) is 5.92 Å². The summed E-state index contributed by atoms with van der Waals surface area (Å²) in [4.78, 5) is 24.0. The Bertz CT molecular complexity index is 847. The van der Waals surface area contributed by atoms with Gasteiger partial charge in [0.15, 0.2) is 0 Å². The number of ether oxygens (including phenoxy) is 3. The lowest BCUT2D eigenvalue weighted by molar-refractivity contribution is -0.152. The molecule has 1 N–H and O–H groups in total. The Labute approximate surface area is 295 Å². The van der Waals surface area contributed by atoms with E-state index in [0.29, 0.717) is 31.5 Å². The molecule has 6 nitrogen and oxygen atoms in total. The minimum atomic E-state index is -0.990. The first-order valence-corrected chi connectivity index (χ1v) is 20.0. The molecule has 0 aromatic heterocycles. The van der Waals surface area contributed by atoms with Gasteiger partial charge in [0.05, 0.1) is 12.2 Å². The van der Waals surface area contributed by atoms with E-state index >= 15 is 0 Å². The monoisotopic (exact) mass is 675 g/mol. The highest BCUT2D eigenvalue weighted by Crippen LogP contribution is 2.29. The van der Waals surface area contributed by atoms with Crippen molar-refractivity contribution in [2.45, 2.75) is 200 Å². The number of epoxide rings is 1. The lowest BCUT2D eigenvalue weighted by Gasteiger charge is -2.12. The Kier molecular flexibility index (Phi) is 29.7. The molecule has 48 heavy (non-hydrogen) atoms. The predicted octanol–water partition coefficient (Wildman–Crippen LogP) is 11.3. The lowest BCUT2D eigenvalue weighted by atomic mass is 10.0. The van der Waals surface area contributed by atoms with Crippen molar-refractivity contribution in [2.24, 2.45) is 5.92 Å². The van der Waals surface area contributed by atoms with Crippen molar-refractivity contribution in [3.8, 4) is 0 Å². The molecule has 278 valence electrons. The topological polar surface area (TPSA) is 85.4 Å². The van der Waals surface area contributed by atoms with Crippen LogP contribution < -0.4 is 0 Å². The summed E-state index contributed by atoms with van der Waals surface area (Å²) in [7, 11) is 0. The summed E-state index contributed by atoms with van der Waals surface area (Å²) < 4.78 is 16.0. The van der Waals surface area contributed by atoms with Gasteiger partial charge in [-0.25, -0.2) is 0 Å². The minimum absolute atomic E-state index is 0.136. The van der Waals surface area contributed by atoms with Gasteiger partial charge in [0.1, 0.15) is 19.3 Å². The zero-order valence-electron chi connectivity index (χ0n) is 31.4. The Balaban J connectivity index is 1.86. The van der Waals surface area contributed by atoms with Crippen LogP contribution in [0.2, 0.25) is 0 Å². The molecule has 0 radical (unpaired) electrons. The normalized spacial score (nSPS) is 16.9. The molecule has 0 bridgehead atoms. The number of hydrogen-bond acceptors (Lipinski definition) is 6. The van der Waals surface area contributed by atoms with Crippen LogP contribution in [0.15, 0.2) is 36.5 Å². The molecule has 0 aromatic carbocycles. The van der Waals surface area contributed by atoms with Gasteiger partial charge in [0, 0.05) is 12.8 Å². The molecule has 1 heterocycles. The summed E-state index contributed by atoms with van der Waals surface area (Å²) in [5, 5.41) is 10.0. The number of allylic oxidation sites excluding steroid dienone is 4. The SMILES string of the molecule is CCCCC/C=C\C/C=C\CC1OC1C/C=C\CCCC(=O)OC[C@@H](O)COC(=O)CCCCCCCCCCCCCCCC(C)C. The number of hydrogen-bond donors (Lipinski definition) is 1. The van der Waals surface area contributed by atoms with Crippen LogP contribution in [0.25, 0.3) is 0 Å². The molecule has 1 aliphatic rings. The van der Waals surface area contributed by atoms with Gasteiger partial charge in [-0.1, -0.05) is 154 Å². The van der Waals surface area contributed by atoms with E-state index in [1.165, 1.54) is 96.3 Å². The average molecular weight is 675 g/mol. The zero-order chi connectivity index (χ0) is 34.9. The highest BCUT2D eigenvalue weighted by molar-refractivity contribution is 5.69. The molecule has 2 unspecified atom stereocenters. The van der Waals surface area contributed by atoms with E-state index in [4.69, 9.17) is 14.2 Å². The van der Waals surface area contributed by atoms with Crippen LogP contribution in [0.1, 0.15) is 181 Å². The van der Waals surface area contributed by atoms with Gasteiger partial charge in [0.2, 0.25) is 0 Å². The standard InChI is InChI=1S/C42H74O6/c1-4-5-6-7-8-14-18-21-26-31-39-40(48-39)32-27-23-24-29-34-42(45)47-36-38(43)35-46-41(44)33-28-22-19-16-13-11-9-10-12-15-17-20-25-30-37(2)3/h8,14,21,23,26-27,37-40,43H,4-7,9-13,15-20,22,24-25,28-36H2,1-3H3/b14-8-,26-21-,27-23-/t38-,39?,40?/m0/s1. The number of esters is 2. The highest BCUT2D eigenvalue weighted by atomic mass is 16.6. The van der Waals surface area contributed by atoms with Crippen molar-refractivity contribution >= 4 is 11.9 Å². The second-order valence-corrected chi connectivity index (χ2v) is 14.3. The van der Waals surface area contributed by atoms with Crippen LogP contribution in [-0.4, -0.2) is 48.6 Å². The fourth-order valence-electron chi connectivity index (χ4n) is 5.77. The van der Waals surface area contributed by atoms with E-state index < -0.39 is 6.10 Å². The summed E-state index contributed by atoms with van der Waals surface area (Å²) in [6.07, 6.45) is 40.9. The van der Waals surface area contributed by atoms with Crippen LogP contribution >= 0.6 is 0 Å². The first-order chi connectivity index (χ1) is 23.4. The summed E-state index contributed by atoms with van der Waals surface area (Å²) in [6, 6.07) is 0. The van der Waals surface area contributed by atoms with Gasteiger partial charge in [0.25, 0.3) is 0 Å². The first-order valence-electron chi connectivity index (χ1n) is 20.0. The quantitative estimate of drug-likeness (QED) is 0.0316. The molecule has 0 amide bonds. The molecule has 0 spiro atoms. The highest BCUT2D eigenvalue weighted by Gasteiger charge is 2.35. The Morgan fingerprint density at radius 3 is 1.62 bits per heavy atom. The van der Waals surface area contributed by atoms with Crippen molar-refractivity contribution in [1.29, 1.82) is 0 Å². The molecular formula is C42H74O6. The van der Waals surface area contributed by atoms with Crippen molar-refractivity contribution < 1.29 is 28.9 Å². The van der Waals surface area contributed by atoms with Crippen LogP contribution in [-0.2, 0) is 23.8 Å². The van der Waals surface area contributed by atoms with Crippen LogP contribution in [0.3, 0.4) is 0 Å². The molecule has 1 aliphatic heterocycles. The number of aliphatic hydroxyl groups is 1. The molecule has 0 aliphatic carbocycles. The van der Waals surface area contributed by atoms with E-state index in [1.807, 2.05) is 0 Å². The maximum Gasteiger partial charge on any atom is 0.305 e. The predicted molar refractivity (Wildman–Crippen MR) is 200 cm³/mol. The third-order valence-corrected chi connectivity index (χ3v) is 8.96. The first kappa shape index (κ1) is 44.1. The summed E-state index contributed by atoms with van der Waals surface area (Å²) >= 11 is 0. The van der Waals surface area contributed by atoms with Gasteiger partial charge in [-0.15, -0.1) is 0 Å². The van der Waals surface area contributed by atoms with Gasteiger partial charge >= 0.3 is 11.9 Å². The largest absolute Gasteiger partial charge is 0.463 e. The lowest BCUT2D eigenvalue weighted by Crippen LogP contribution is -2.25. The van der Waals surface area contributed by atoms with Gasteiger partial charge in [-0.05, 0) is 57.3 Å². The van der Waals surface area contributed by atoms with Crippen LogP contribution in [0.4, 0.5) is 0 Å². The molecule has 0 saturated carbocycles. The molecule has 3 atom stereocenters. The van der Waals surface area contributed by atoms with Crippen molar-refractivity contribution in [3.63, 3.8) is 0 Å². The maximum absolute atomic E-state index is 12.0. The zero-order valence-corrected chi connectivity index (χ0v) is 31.4. The Morgan fingerprint density at radius 1 is 0.604 bits per heavy atom. The van der Waals surface area contributed by atoms with E-state index in [9.17, 15) is 14.7 Å². The number of aliphatic hydroxyl groups excluding tert-OH is 1. The number of carbonyl (C=O) groups is 2. The maximum atomic E-state index is 12.0. The second-order valence-electron chi connectivity index (χ2n) is 14.3. The number of rotatable bonds is 34. The van der Waals surface area contributed by atoms with E-state index in [2.05, 4.69) is 57.2 Å². The Hall–Kier alpha value is -1.92. The fourth-order valence-corrected chi connectivity index (χ4v) is 5.77. The van der Waals surface area contributed by atoms with Crippen molar-refractivity contribution in [3.05, 3.63) is 36.5 Å². The third kappa shape index (κ3) is 30.2. The van der Waals surface area contributed by atoms with Crippen molar-refractivity contribution in [1.82, 2.24) is 0 Å². The van der Waals surface area contributed by atoms with Gasteiger partial charge in [-0.2, -0.15) is 0 Å². The molecule has 6 heteroatoms. The molecule has 1 saturated heterocycles. The van der Waals surface area contributed by atoms with Crippen LogP contribution in [0.5, 0.6) is 0 Å². The summed E-state index contributed by atoms with van der Waals surface area (Å²) in [5.41, 5.74) is 0. The van der Waals surface area contributed by atoms with Crippen molar-refractivity contribution in [2.75, 3.05) is 13.2 Å². The second kappa shape index (κ2) is 32.3. The Morgan fingerprint density at radius 2 is 1.06 bits per heavy atom. The third-order valence-electron chi connectivity index (χ3n) is 8.96. The molecule has 0 aromatic rings. The molecule has 1 fully saturated rings.